The second kappa shape index (κ2) is 10.1. The number of nitrogens with zero attached hydrogens (tertiary/aromatic N) is 3. The Kier molecular flexibility index (Phi) is 6.70. The van der Waals surface area contributed by atoms with Gasteiger partial charge >= 0.3 is 0 Å². The number of aromatic nitrogens is 3. The van der Waals surface area contributed by atoms with E-state index in [1.165, 1.54) is 12.1 Å². The van der Waals surface area contributed by atoms with Crippen LogP contribution in [0.15, 0.2) is 71.5 Å². The van der Waals surface area contributed by atoms with Crippen LogP contribution in [0.4, 0.5) is 8.78 Å². The Labute approximate surface area is 213 Å². The first kappa shape index (κ1) is 24.6. The summed E-state index contributed by atoms with van der Waals surface area (Å²) in [7, 11) is 0. The Morgan fingerprint density at radius 1 is 0.946 bits per heavy atom. The van der Waals surface area contributed by atoms with Crippen molar-refractivity contribution >= 4 is 16.8 Å². The molecule has 3 aromatic carbocycles. The number of imidazole rings is 1. The normalized spacial score (nSPS) is 12.2. The summed E-state index contributed by atoms with van der Waals surface area (Å²) >= 11 is 0. The monoisotopic (exact) mass is 499 g/mol. The van der Waals surface area contributed by atoms with E-state index in [1.54, 1.807) is 12.5 Å². The maximum Gasteiger partial charge on any atom is 0.226 e. The molecule has 5 aromatic rings. The number of ketones is 1. The second-order valence-corrected chi connectivity index (χ2v) is 9.65. The number of benzene rings is 3. The van der Waals surface area contributed by atoms with Crippen LogP contribution in [0.2, 0.25) is 0 Å². The lowest BCUT2D eigenvalue weighted by molar-refractivity contribution is -0.120. The van der Waals surface area contributed by atoms with Crippen molar-refractivity contribution in [1.82, 2.24) is 14.5 Å². The number of aryl methyl sites for hydroxylation is 3. The molecule has 0 saturated heterocycles. The van der Waals surface area contributed by atoms with Gasteiger partial charge in [-0.25, -0.2) is 18.7 Å². The number of hydrogen-bond donors (Lipinski definition) is 0. The van der Waals surface area contributed by atoms with E-state index < -0.39 is 17.6 Å². The highest BCUT2D eigenvalue weighted by atomic mass is 19.1. The minimum absolute atomic E-state index is 0.0484. The van der Waals surface area contributed by atoms with Crippen LogP contribution < -0.4 is 0 Å². The first-order valence-corrected chi connectivity index (χ1v) is 12.2. The number of oxazole rings is 1. The quantitative estimate of drug-likeness (QED) is 0.233. The summed E-state index contributed by atoms with van der Waals surface area (Å²) in [5.74, 6) is -0.881. The number of hydrogen-bond acceptors (Lipinski definition) is 4. The van der Waals surface area contributed by atoms with Gasteiger partial charge in [0.15, 0.2) is 5.78 Å². The van der Waals surface area contributed by atoms with Gasteiger partial charge in [-0.05, 0) is 80.3 Å². The van der Waals surface area contributed by atoms with Crippen LogP contribution in [0.1, 0.15) is 40.4 Å². The minimum Gasteiger partial charge on any atom is -0.441 e. The standard InChI is InChI=1S/C30H27F2N3O2/c1-18-4-6-22(7-5-18)30-33-15-29(37-30)23(10-21-11-24(31)14-25(32)12-21)13-26(36)16-35-17-34-27-8-19(2)20(3)9-28(27)35/h4-9,11-12,14-15,17,23H,10,13,16H2,1-3H3. The van der Waals surface area contributed by atoms with Crippen molar-refractivity contribution in [2.45, 2.75) is 46.1 Å². The summed E-state index contributed by atoms with van der Waals surface area (Å²) in [6.07, 6.45) is 3.61. The molecule has 37 heavy (non-hydrogen) atoms. The number of rotatable bonds is 8. The molecule has 0 aliphatic heterocycles. The fraction of sp³-hybridized carbons (Fsp3) is 0.233. The highest BCUT2D eigenvalue weighted by Gasteiger charge is 2.23. The van der Waals surface area contributed by atoms with Crippen LogP contribution in [0.5, 0.6) is 0 Å². The molecule has 0 N–H and O–H groups in total. The Hall–Kier alpha value is -4.13. The van der Waals surface area contributed by atoms with Crippen LogP contribution in [0.3, 0.4) is 0 Å². The van der Waals surface area contributed by atoms with Crippen LogP contribution >= 0.6 is 0 Å². The summed E-state index contributed by atoms with van der Waals surface area (Å²) in [5.41, 5.74) is 6.36. The van der Waals surface area contributed by atoms with Gasteiger partial charge in [0.25, 0.3) is 0 Å². The lowest BCUT2D eigenvalue weighted by Gasteiger charge is -2.15. The molecule has 1 atom stereocenters. The summed E-state index contributed by atoms with van der Waals surface area (Å²) in [4.78, 5) is 22.1. The van der Waals surface area contributed by atoms with E-state index in [1.807, 2.05) is 61.7 Å². The van der Waals surface area contributed by atoms with E-state index in [4.69, 9.17) is 4.42 Å². The maximum atomic E-state index is 13.9. The van der Waals surface area contributed by atoms with Gasteiger partial charge in [-0.15, -0.1) is 0 Å². The van der Waals surface area contributed by atoms with E-state index in [0.29, 0.717) is 17.2 Å². The number of carbonyl (C=O) groups excluding carboxylic acids is 1. The average Bonchev–Trinajstić information content (AvgIpc) is 3.47. The van der Waals surface area contributed by atoms with E-state index in [9.17, 15) is 13.6 Å². The third kappa shape index (κ3) is 5.50. The molecule has 0 saturated carbocycles. The van der Waals surface area contributed by atoms with Crippen molar-refractivity contribution in [1.29, 1.82) is 0 Å². The van der Waals surface area contributed by atoms with Crippen molar-refractivity contribution in [3.8, 4) is 11.5 Å². The summed E-state index contributed by atoms with van der Waals surface area (Å²) in [6, 6.07) is 15.2. The number of Topliss-reactive ketones (excluding diaryl/α,β-unsaturated/α-hetero) is 1. The van der Waals surface area contributed by atoms with Gasteiger partial charge in [-0.1, -0.05) is 17.7 Å². The third-order valence-corrected chi connectivity index (χ3v) is 6.69. The molecule has 0 spiro atoms. The molecule has 7 heteroatoms. The van der Waals surface area contributed by atoms with Gasteiger partial charge in [0.05, 0.1) is 30.1 Å². The molecule has 0 radical (unpaired) electrons. The van der Waals surface area contributed by atoms with Crippen LogP contribution in [-0.2, 0) is 17.8 Å². The van der Waals surface area contributed by atoms with E-state index in [-0.39, 0.29) is 25.2 Å². The first-order valence-electron chi connectivity index (χ1n) is 12.2. The maximum absolute atomic E-state index is 13.9. The van der Waals surface area contributed by atoms with Gasteiger partial charge in [-0.2, -0.15) is 0 Å². The SMILES string of the molecule is Cc1ccc(-c2ncc(C(CC(=O)Cn3cnc4cc(C)c(C)cc43)Cc3cc(F)cc(F)c3)o2)cc1. The predicted octanol–water partition coefficient (Wildman–Crippen LogP) is 6.88. The topological polar surface area (TPSA) is 60.9 Å². The number of carbonyl (C=O) groups is 1. The molecule has 2 heterocycles. The first-order chi connectivity index (χ1) is 17.7. The smallest absolute Gasteiger partial charge is 0.226 e. The molecule has 5 rings (SSSR count). The number of halogens is 2. The third-order valence-electron chi connectivity index (χ3n) is 6.69. The molecule has 5 nitrogen and oxygen atoms in total. The zero-order valence-corrected chi connectivity index (χ0v) is 21.0. The van der Waals surface area contributed by atoms with Crippen molar-refractivity contribution in [3.63, 3.8) is 0 Å². The molecule has 0 aliphatic carbocycles. The molecule has 188 valence electrons. The van der Waals surface area contributed by atoms with Crippen LogP contribution in [0.25, 0.3) is 22.5 Å². The summed E-state index contributed by atoms with van der Waals surface area (Å²) in [6.45, 7) is 6.18. The van der Waals surface area contributed by atoms with Gasteiger partial charge < -0.3 is 8.98 Å². The van der Waals surface area contributed by atoms with Gasteiger partial charge in [0.2, 0.25) is 5.89 Å². The molecule has 0 fully saturated rings. The van der Waals surface area contributed by atoms with E-state index >= 15 is 0 Å². The summed E-state index contributed by atoms with van der Waals surface area (Å²) in [5, 5.41) is 0. The van der Waals surface area contributed by atoms with Crippen molar-refractivity contribution < 1.29 is 18.0 Å². The molecule has 0 bridgehead atoms. The molecule has 0 aliphatic rings. The molecular formula is C30H27F2N3O2. The summed E-state index contributed by atoms with van der Waals surface area (Å²) < 4.78 is 35.7. The predicted molar refractivity (Wildman–Crippen MR) is 138 cm³/mol. The lowest BCUT2D eigenvalue weighted by atomic mass is 9.92. The fourth-order valence-corrected chi connectivity index (χ4v) is 4.56. The molecule has 0 amide bonds. The van der Waals surface area contributed by atoms with Crippen LogP contribution in [-0.4, -0.2) is 20.3 Å². The van der Waals surface area contributed by atoms with E-state index in [0.717, 1.165) is 39.4 Å². The van der Waals surface area contributed by atoms with Crippen molar-refractivity contribution in [2.75, 3.05) is 0 Å². The zero-order valence-electron chi connectivity index (χ0n) is 21.0. The number of fused-ring (bicyclic) bond motifs is 1. The molecule has 2 aromatic heterocycles. The van der Waals surface area contributed by atoms with E-state index in [2.05, 4.69) is 9.97 Å². The fourth-order valence-electron chi connectivity index (χ4n) is 4.56. The Bertz CT molecular complexity index is 1560. The zero-order chi connectivity index (χ0) is 26.1. The van der Waals surface area contributed by atoms with Gasteiger partial charge in [-0.3, -0.25) is 4.79 Å². The Morgan fingerprint density at radius 3 is 2.38 bits per heavy atom. The van der Waals surface area contributed by atoms with Crippen molar-refractivity contribution in [2.24, 2.45) is 0 Å². The largest absolute Gasteiger partial charge is 0.441 e. The minimum atomic E-state index is -0.659. The average molecular weight is 500 g/mol. The van der Waals surface area contributed by atoms with Crippen molar-refractivity contribution in [3.05, 3.63) is 107 Å². The molecular weight excluding hydrogens is 472 g/mol. The lowest BCUT2D eigenvalue weighted by Crippen LogP contribution is -2.15. The Balaban J connectivity index is 1.42. The second-order valence-electron chi connectivity index (χ2n) is 9.65. The highest BCUT2D eigenvalue weighted by Crippen LogP contribution is 2.30. The Morgan fingerprint density at radius 2 is 1.65 bits per heavy atom. The van der Waals surface area contributed by atoms with Crippen LogP contribution in [0, 0.1) is 32.4 Å². The van der Waals surface area contributed by atoms with Gasteiger partial charge in [0, 0.05) is 24.0 Å². The highest BCUT2D eigenvalue weighted by molar-refractivity contribution is 5.83. The van der Waals surface area contributed by atoms with Gasteiger partial charge in [0.1, 0.15) is 17.4 Å². The molecule has 1 unspecified atom stereocenters.